The highest BCUT2D eigenvalue weighted by atomic mass is 32.1. The zero-order chi connectivity index (χ0) is 14.5. The van der Waals surface area contributed by atoms with E-state index in [0.29, 0.717) is 12.8 Å². The summed E-state index contributed by atoms with van der Waals surface area (Å²) < 4.78 is 0. The number of benzene rings is 1. The molecule has 0 saturated carbocycles. The van der Waals surface area contributed by atoms with Crippen molar-refractivity contribution in [2.24, 2.45) is 0 Å². The zero-order valence-electron chi connectivity index (χ0n) is 12.1. The van der Waals surface area contributed by atoms with E-state index >= 15 is 0 Å². The van der Waals surface area contributed by atoms with E-state index in [9.17, 15) is 4.79 Å². The van der Waals surface area contributed by atoms with Crippen LogP contribution < -0.4 is 5.32 Å². The number of nitrogens with zero attached hydrogens (tertiary/aromatic N) is 1. The van der Waals surface area contributed by atoms with Crippen LogP contribution in [0.5, 0.6) is 0 Å². The van der Waals surface area contributed by atoms with Crippen molar-refractivity contribution in [3.63, 3.8) is 0 Å². The predicted molar refractivity (Wildman–Crippen MR) is 82.9 cm³/mol. The number of amides is 1. The summed E-state index contributed by atoms with van der Waals surface area (Å²) in [7, 11) is 0. The van der Waals surface area contributed by atoms with Crippen LogP contribution in [-0.4, -0.2) is 10.9 Å². The van der Waals surface area contributed by atoms with E-state index in [-0.39, 0.29) is 11.9 Å². The van der Waals surface area contributed by atoms with Crippen molar-refractivity contribution in [1.29, 1.82) is 0 Å². The minimum absolute atomic E-state index is 0.0449. The van der Waals surface area contributed by atoms with Gasteiger partial charge < -0.3 is 5.32 Å². The molecule has 2 aromatic rings. The third-order valence-corrected chi connectivity index (χ3v) is 4.45. The molecule has 1 amide bonds. The lowest BCUT2D eigenvalue weighted by Gasteiger charge is -2.13. The molecule has 0 aliphatic heterocycles. The zero-order valence-corrected chi connectivity index (χ0v) is 13.0. The van der Waals surface area contributed by atoms with Gasteiger partial charge in [0.2, 0.25) is 5.91 Å². The Morgan fingerprint density at radius 2 is 2.00 bits per heavy atom. The summed E-state index contributed by atoms with van der Waals surface area (Å²) in [4.78, 5) is 17.6. The van der Waals surface area contributed by atoms with Crippen molar-refractivity contribution in [2.45, 2.75) is 39.7 Å². The van der Waals surface area contributed by atoms with Crippen molar-refractivity contribution < 1.29 is 4.79 Å². The van der Waals surface area contributed by atoms with Crippen molar-refractivity contribution in [1.82, 2.24) is 10.3 Å². The van der Waals surface area contributed by atoms with Gasteiger partial charge in [-0.15, -0.1) is 11.3 Å². The van der Waals surface area contributed by atoms with Gasteiger partial charge in [0.25, 0.3) is 0 Å². The fraction of sp³-hybridized carbons (Fsp3) is 0.375. The van der Waals surface area contributed by atoms with Gasteiger partial charge in [-0.05, 0) is 26.3 Å². The highest BCUT2D eigenvalue weighted by molar-refractivity contribution is 7.11. The maximum absolute atomic E-state index is 12.0. The second-order valence-electron chi connectivity index (χ2n) is 4.95. The minimum Gasteiger partial charge on any atom is -0.350 e. The molecule has 1 N–H and O–H groups in total. The molecule has 0 spiro atoms. The van der Waals surface area contributed by atoms with Crippen LogP contribution in [0.1, 0.15) is 40.5 Å². The van der Waals surface area contributed by atoms with E-state index in [1.807, 2.05) is 44.2 Å². The normalized spacial score (nSPS) is 12.2. The highest BCUT2D eigenvalue weighted by Crippen LogP contribution is 2.18. The van der Waals surface area contributed by atoms with Crippen molar-refractivity contribution in [3.8, 4) is 0 Å². The number of carbonyl (C=O) groups is 1. The molecule has 0 fully saturated rings. The molecule has 106 valence electrons. The molecule has 1 unspecified atom stereocenters. The summed E-state index contributed by atoms with van der Waals surface area (Å²) in [6.07, 6.45) is 1.20. The topological polar surface area (TPSA) is 42.0 Å². The molecule has 0 aliphatic carbocycles. The predicted octanol–water partition coefficient (Wildman–Crippen LogP) is 3.57. The van der Waals surface area contributed by atoms with Crippen LogP contribution in [0.2, 0.25) is 0 Å². The van der Waals surface area contributed by atoms with E-state index in [0.717, 1.165) is 16.3 Å². The average molecular weight is 288 g/mol. The maximum Gasteiger partial charge on any atom is 0.220 e. The average Bonchev–Trinajstić information content (AvgIpc) is 2.76. The Labute approximate surface area is 124 Å². The quantitative estimate of drug-likeness (QED) is 0.914. The minimum atomic E-state index is 0.0449. The van der Waals surface area contributed by atoms with Gasteiger partial charge in [0.1, 0.15) is 0 Å². The summed E-state index contributed by atoms with van der Waals surface area (Å²) in [6.45, 7) is 6.08. The molecular formula is C16H20N2OS. The largest absolute Gasteiger partial charge is 0.350 e. The van der Waals surface area contributed by atoms with Crippen LogP contribution in [0.25, 0.3) is 0 Å². The van der Waals surface area contributed by atoms with Gasteiger partial charge in [-0.1, -0.05) is 30.3 Å². The SMILES string of the molecule is Cc1nc(CCC(=O)NC(C)c2ccccc2)sc1C. The van der Waals surface area contributed by atoms with E-state index in [4.69, 9.17) is 0 Å². The first kappa shape index (κ1) is 14.7. The Hall–Kier alpha value is -1.68. The number of nitrogens with one attached hydrogen (secondary N) is 1. The summed E-state index contributed by atoms with van der Waals surface area (Å²) >= 11 is 1.68. The summed E-state index contributed by atoms with van der Waals surface area (Å²) in [6, 6.07) is 10.0. The summed E-state index contributed by atoms with van der Waals surface area (Å²) in [5.74, 6) is 0.0758. The van der Waals surface area contributed by atoms with Crippen molar-refractivity contribution in [2.75, 3.05) is 0 Å². The van der Waals surface area contributed by atoms with Crippen LogP contribution in [-0.2, 0) is 11.2 Å². The third-order valence-electron chi connectivity index (χ3n) is 3.32. The Morgan fingerprint density at radius 1 is 1.30 bits per heavy atom. The molecule has 1 atom stereocenters. The molecule has 1 heterocycles. The molecule has 0 saturated heterocycles. The van der Waals surface area contributed by atoms with E-state index in [1.165, 1.54) is 4.88 Å². The molecule has 4 heteroatoms. The van der Waals surface area contributed by atoms with Gasteiger partial charge >= 0.3 is 0 Å². The van der Waals surface area contributed by atoms with E-state index < -0.39 is 0 Å². The van der Waals surface area contributed by atoms with Crippen LogP contribution in [0.15, 0.2) is 30.3 Å². The van der Waals surface area contributed by atoms with Gasteiger partial charge in [-0.3, -0.25) is 4.79 Å². The molecule has 20 heavy (non-hydrogen) atoms. The maximum atomic E-state index is 12.0. The van der Waals surface area contributed by atoms with Crippen LogP contribution in [0.4, 0.5) is 0 Å². The van der Waals surface area contributed by atoms with Crippen LogP contribution >= 0.6 is 11.3 Å². The van der Waals surface area contributed by atoms with Gasteiger partial charge in [-0.2, -0.15) is 0 Å². The Balaban J connectivity index is 1.84. The first-order chi connectivity index (χ1) is 9.56. The van der Waals surface area contributed by atoms with Crippen LogP contribution in [0, 0.1) is 13.8 Å². The lowest BCUT2D eigenvalue weighted by molar-refractivity contribution is -0.121. The van der Waals surface area contributed by atoms with Gasteiger partial charge in [0.05, 0.1) is 16.7 Å². The lowest BCUT2D eigenvalue weighted by atomic mass is 10.1. The number of rotatable bonds is 5. The standard InChI is InChI=1S/C16H20N2OS/c1-11-13(3)20-16(18-11)10-9-15(19)17-12(2)14-7-5-4-6-8-14/h4-8,12H,9-10H2,1-3H3,(H,17,19). The fourth-order valence-electron chi connectivity index (χ4n) is 2.01. The Morgan fingerprint density at radius 3 is 2.60 bits per heavy atom. The Bertz CT molecular complexity index is 558. The van der Waals surface area contributed by atoms with Crippen LogP contribution in [0.3, 0.4) is 0 Å². The third kappa shape index (κ3) is 3.90. The second kappa shape index (κ2) is 6.66. The highest BCUT2D eigenvalue weighted by Gasteiger charge is 2.10. The lowest BCUT2D eigenvalue weighted by Crippen LogP contribution is -2.26. The first-order valence-electron chi connectivity index (χ1n) is 6.83. The van der Waals surface area contributed by atoms with E-state index in [2.05, 4.69) is 17.2 Å². The van der Waals surface area contributed by atoms with Gasteiger partial charge in [-0.25, -0.2) is 4.98 Å². The van der Waals surface area contributed by atoms with Crippen molar-refractivity contribution >= 4 is 17.2 Å². The number of aromatic nitrogens is 1. The number of hydrogen-bond donors (Lipinski definition) is 1. The number of hydrogen-bond acceptors (Lipinski definition) is 3. The first-order valence-corrected chi connectivity index (χ1v) is 7.65. The molecule has 3 nitrogen and oxygen atoms in total. The Kier molecular flexibility index (Phi) is 4.90. The molecule has 0 bridgehead atoms. The molecule has 1 aromatic carbocycles. The molecule has 2 rings (SSSR count). The van der Waals surface area contributed by atoms with E-state index in [1.54, 1.807) is 11.3 Å². The molecule has 1 aromatic heterocycles. The smallest absolute Gasteiger partial charge is 0.220 e. The fourth-order valence-corrected chi connectivity index (χ4v) is 2.94. The monoisotopic (exact) mass is 288 g/mol. The molecule has 0 radical (unpaired) electrons. The summed E-state index contributed by atoms with van der Waals surface area (Å²) in [5, 5.41) is 4.07. The van der Waals surface area contributed by atoms with Gasteiger partial charge in [0, 0.05) is 17.7 Å². The molecular weight excluding hydrogens is 268 g/mol. The van der Waals surface area contributed by atoms with Gasteiger partial charge in [0.15, 0.2) is 0 Å². The molecule has 0 aliphatic rings. The summed E-state index contributed by atoms with van der Waals surface area (Å²) in [5.41, 5.74) is 2.20. The number of aryl methyl sites for hydroxylation is 3. The number of thiazole rings is 1. The second-order valence-corrected chi connectivity index (χ2v) is 6.24. The number of carbonyl (C=O) groups excluding carboxylic acids is 1. The van der Waals surface area contributed by atoms with Crippen molar-refractivity contribution in [3.05, 3.63) is 51.5 Å².